The number of hydrazine groups is 1. The lowest BCUT2D eigenvalue weighted by atomic mass is 10.2. The van der Waals surface area contributed by atoms with Crippen molar-refractivity contribution in [1.29, 1.82) is 0 Å². The van der Waals surface area contributed by atoms with E-state index in [2.05, 4.69) is 21.1 Å². The molecule has 2 aromatic carbocycles. The van der Waals surface area contributed by atoms with Crippen molar-refractivity contribution in [2.45, 2.75) is 6.92 Å². The second-order valence-corrected chi connectivity index (χ2v) is 6.37. The van der Waals surface area contributed by atoms with Crippen LogP contribution in [0.5, 0.6) is 0 Å². The first-order valence-corrected chi connectivity index (χ1v) is 8.94. The van der Waals surface area contributed by atoms with E-state index in [-0.39, 0.29) is 18.4 Å². The molecule has 1 heterocycles. The van der Waals surface area contributed by atoms with Gasteiger partial charge in [0.15, 0.2) is 0 Å². The van der Waals surface area contributed by atoms with Crippen LogP contribution in [0.25, 0.3) is 0 Å². The van der Waals surface area contributed by atoms with Crippen LogP contribution >= 0.6 is 0 Å². The number of carbonyl (C=O) groups excluding carboxylic acids is 2. The number of hydrogen-bond acceptors (Lipinski definition) is 5. The molecule has 3 rings (SSSR count). The van der Waals surface area contributed by atoms with Gasteiger partial charge in [-0.1, -0.05) is 17.7 Å². The molecule has 0 bridgehead atoms. The van der Waals surface area contributed by atoms with Gasteiger partial charge in [-0.2, -0.15) is 0 Å². The number of nitrogens with one attached hydrogen (secondary N) is 3. The molecule has 0 spiro atoms. The van der Waals surface area contributed by atoms with Crippen molar-refractivity contribution in [2.75, 3.05) is 43.1 Å². The van der Waals surface area contributed by atoms with E-state index in [9.17, 15) is 9.59 Å². The number of nitrogens with zero attached hydrogens (tertiary/aromatic N) is 1. The lowest BCUT2D eigenvalue weighted by molar-refractivity contribution is -0.120. The Bertz CT molecular complexity index is 769. The molecule has 7 nitrogen and oxygen atoms in total. The molecule has 142 valence electrons. The summed E-state index contributed by atoms with van der Waals surface area (Å²) in [6.45, 7) is 5.18. The summed E-state index contributed by atoms with van der Waals surface area (Å²) in [7, 11) is 0. The highest BCUT2D eigenvalue weighted by molar-refractivity contribution is 5.96. The van der Waals surface area contributed by atoms with Gasteiger partial charge in [0.1, 0.15) is 0 Å². The van der Waals surface area contributed by atoms with E-state index in [4.69, 9.17) is 4.74 Å². The maximum Gasteiger partial charge on any atom is 0.269 e. The van der Waals surface area contributed by atoms with Crippen LogP contribution in [0, 0.1) is 6.92 Å². The van der Waals surface area contributed by atoms with Crippen LogP contribution in [0.4, 0.5) is 11.4 Å². The van der Waals surface area contributed by atoms with E-state index in [0.717, 1.165) is 30.0 Å². The molecule has 0 unspecified atom stereocenters. The Hall–Kier alpha value is -3.06. The molecular formula is C20H24N4O3. The summed E-state index contributed by atoms with van der Waals surface area (Å²) in [5.41, 5.74) is 8.38. The average molecular weight is 368 g/mol. The molecule has 0 radical (unpaired) electrons. The number of morpholine rings is 1. The number of rotatable bonds is 5. The highest BCUT2D eigenvalue weighted by Crippen LogP contribution is 2.16. The first-order chi connectivity index (χ1) is 13.1. The summed E-state index contributed by atoms with van der Waals surface area (Å²) in [5.74, 6) is -0.680. The summed E-state index contributed by atoms with van der Waals surface area (Å²) in [6, 6.07) is 15.0. The number of ether oxygens (including phenoxy) is 1. The van der Waals surface area contributed by atoms with Crippen molar-refractivity contribution in [1.82, 2.24) is 10.9 Å². The van der Waals surface area contributed by atoms with Crippen molar-refractivity contribution in [3.05, 3.63) is 59.7 Å². The predicted molar refractivity (Wildman–Crippen MR) is 105 cm³/mol. The van der Waals surface area contributed by atoms with Crippen molar-refractivity contribution in [3.8, 4) is 0 Å². The molecule has 1 aliphatic rings. The largest absolute Gasteiger partial charge is 0.378 e. The first kappa shape index (κ1) is 18.7. The highest BCUT2D eigenvalue weighted by atomic mass is 16.5. The number of hydrogen-bond donors (Lipinski definition) is 3. The number of anilines is 2. The van der Waals surface area contributed by atoms with E-state index in [1.54, 1.807) is 12.1 Å². The smallest absolute Gasteiger partial charge is 0.269 e. The maximum absolute atomic E-state index is 12.2. The van der Waals surface area contributed by atoms with Crippen LogP contribution in [-0.2, 0) is 9.53 Å². The fourth-order valence-corrected chi connectivity index (χ4v) is 2.74. The van der Waals surface area contributed by atoms with Gasteiger partial charge in [0.05, 0.1) is 19.8 Å². The molecule has 1 fully saturated rings. The monoisotopic (exact) mass is 368 g/mol. The van der Waals surface area contributed by atoms with Gasteiger partial charge in [0.25, 0.3) is 11.8 Å². The van der Waals surface area contributed by atoms with Gasteiger partial charge in [-0.3, -0.25) is 20.4 Å². The Kier molecular flexibility index (Phi) is 6.27. The highest BCUT2D eigenvalue weighted by Gasteiger charge is 2.12. The minimum atomic E-state index is -0.354. The molecule has 2 aromatic rings. The number of amides is 2. The molecular weight excluding hydrogens is 344 g/mol. The van der Waals surface area contributed by atoms with Crippen LogP contribution in [0.3, 0.4) is 0 Å². The topological polar surface area (TPSA) is 82.7 Å². The molecule has 2 amide bonds. The van der Waals surface area contributed by atoms with Crippen LogP contribution in [0.1, 0.15) is 15.9 Å². The Morgan fingerprint density at radius 1 is 0.963 bits per heavy atom. The van der Waals surface area contributed by atoms with E-state index >= 15 is 0 Å². The number of benzene rings is 2. The van der Waals surface area contributed by atoms with E-state index < -0.39 is 0 Å². The summed E-state index contributed by atoms with van der Waals surface area (Å²) in [5, 5.41) is 3.00. The molecule has 3 N–H and O–H groups in total. The fourth-order valence-electron chi connectivity index (χ4n) is 2.74. The van der Waals surface area contributed by atoms with E-state index in [0.29, 0.717) is 18.8 Å². The van der Waals surface area contributed by atoms with E-state index in [1.165, 1.54) is 0 Å². The van der Waals surface area contributed by atoms with Gasteiger partial charge in [0, 0.05) is 30.0 Å². The minimum absolute atomic E-state index is 0.0688. The zero-order chi connectivity index (χ0) is 19.1. The van der Waals surface area contributed by atoms with Crippen molar-refractivity contribution < 1.29 is 14.3 Å². The van der Waals surface area contributed by atoms with Gasteiger partial charge in [-0.05, 0) is 43.3 Å². The summed E-state index contributed by atoms with van der Waals surface area (Å²) >= 11 is 0. The summed E-state index contributed by atoms with van der Waals surface area (Å²) in [6.07, 6.45) is 0. The van der Waals surface area contributed by atoms with Crippen molar-refractivity contribution in [3.63, 3.8) is 0 Å². The standard InChI is InChI=1S/C20H24N4O3/c1-15-2-6-17(7-3-15)21-14-19(25)22-23-20(26)16-4-8-18(9-5-16)24-10-12-27-13-11-24/h2-9,21H,10-14H2,1H3,(H,22,25)(H,23,26). The molecule has 1 aliphatic heterocycles. The summed E-state index contributed by atoms with van der Waals surface area (Å²) < 4.78 is 5.34. The Labute approximate surface area is 158 Å². The third-order valence-electron chi connectivity index (χ3n) is 4.33. The third kappa shape index (κ3) is 5.46. The SMILES string of the molecule is Cc1ccc(NCC(=O)NNC(=O)c2ccc(N3CCOCC3)cc2)cc1. The normalized spacial score (nSPS) is 13.7. The molecule has 0 aliphatic carbocycles. The molecule has 1 saturated heterocycles. The Morgan fingerprint density at radius 2 is 1.63 bits per heavy atom. The Morgan fingerprint density at radius 3 is 2.30 bits per heavy atom. The minimum Gasteiger partial charge on any atom is -0.378 e. The van der Waals surface area contributed by atoms with Crippen molar-refractivity contribution >= 4 is 23.2 Å². The van der Waals surface area contributed by atoms with Crippen molar-refractivity contribution in [2.24, 2.45) is 0 Å². The zero-order valence-electron chi connectivity index (χ0n) is 15.3. The van der Waals surface area contributed by atoms with Crippen LogP contribution in [0.2, 0.25) is 0 Å². The van der Waals surface area contributed by atoms with Crippen LogP contribution < -0.4 is 21.1 Å². The molecule has 0 saturated carbocycles. The lowest BCUT2D eigenvalue weighted by Gasteiger charge is -2.28. The molecule has 0 aromatic heterocycles. The fraction of sp³-hybridized carbons (Fsp3) is 0.300. The van der Waals surface area contributed by atoms with Crippen LogP contribution in [-0.4, -0.2) is 44.7 Å². The molecule has 0 atom stereocenters. The number of aryl methyl sites for hydroxylation is 1. The molecule has 7 heteroatoms. The van der Waals surface area contributed by atoms with E-state index in [1.807, 2.05) is 43.3 Å². The quantitative estimate of drug-likeness (QED) is 0.700. The van der Waals surface area contributed by atoms with Gasteiger partial charge >= 0.3 is 0 Å². The van der Waals surface area contributed by atoms with Crippen LogP contribution in [0.15, 0.2) is 48.5 Å². The summed E-state index contributed by atoms with van der Waals surface area (Å²) in [4.78, 5) is 26.3. The average Bonchev–Trinajstić information content (AvgIpc) is 2.72. The Balaban J connectivity index is 1.44. The van der Waals surface area contributed by atoms with Gasteiger partial charge < -0.3 is 15.0 Å². The predicted octanol–water partition coefficient (Wildman–Crippen LogP) is 1.70. The first-order valence-electron chi connectivity index (χ1n) is 8.94. The second kappa shape index (κ2) is 9.05. The zero-order valence-corrected chi connectivity index (χ0v) is 15.3. The molecule has 27 heavy (non-hydrogen) atoms. The lowest BCUT2D eigenvalue weighted by Crippen LogP contribution is -2.44. The maximum atomic E-state index is 12.2. The second-order valence-electron chi connectivity index (χ2n) is 6.37. The van der Waals surface area contributed by atoms with Gasteiger partial charge in [-0.25, -0.2) is 0 Å². The van der Waals surface area contributed by atoms with Gasteiger partial charge in [0.2, 0.25) is 0 Å². The van der Waals surface area contributed by atoms with Gasteiger partial charge in [-0.15, -0.1) is 0 Å². The third-order valence-corrected chi connectivity index (χ3v) is 4.33. The number of carbonyl (C=O) groups is 2.